The second kappa shape index (κ2) is 23.2. The van der Waals surface area contributed by atoms with Gasteiger partial charge in [-0.15, -0.1) is 4.76 Å². The van der Waals surface area contributed by atoms with Crippen molar-refractivity contribution in [1.29, 1.82) is 0 Å². The largest absolute Gasteiger partial charge is 0.508 e. The van der Waals surface area contributed by atoms with Crippen LogP contribution in [0.4, 0.5) is 9.59 Å². The number of carboxylic acids is 1. The zero-order chi connectivity index (χ0) is 30.2. The fraction of sp³-hybridized carbons (Fsp3) is 0.840. The number of hydrogen-bond donors (Lipinski definition) is 2. The van der Waals surface area contributed by atoms with Gasteiger partial charge in [-0.25, -0.2) is 18.9 Å². The Hall–Kier alpha value is -2.57. The second-order valence-corrected chi connectivity index (χ2v) is 10.6. The van der Waals surface area contributed by atoms with E-state index in [-0.39, 0.29) is 32.4 Å². The number of rotatable bonds is 23. The van der Waals surface area contributed by atoms with Crippen LogP contribution < -0.4 is 5.73 Å². The molecule has 14 nitrogen and oxygen atoms in total. The number of unbranched alkanes of at least 4 members (excludes halogenated alkanes) is 6. The summed E-state index contributed by atoms with van der Waals surface area (Å²) < 4.78 is 47.8. The van der Waals surface area contributed by atoms with Crippen LogP contribution in [0.25, 0.3) is 0 Å². The van der Waals surface area contributed by atoms with E-state index in [4.69, 9.17) is 33.7 Å². The number of guanidine groups is 1. The summed E-state index contributed by atoms with van der Waals surface area (Å²) in [4.78, 5) is 35.4. The molecule has 0 rings (SSSR count). The van der Waals surface area contributed by atoms with E-state index in [9.17, 15) is 24.1 Å². The van der Waals surface area contributed by atoms with Gasteiger partial charge in [-0.1, -0.05) is 39.5 Å². The Morgan fingerprint density at radius 3 is 1.45 bits per heavy atom. The Labute approximate surface area is 237 Å². The predicted octanol–water partition coefficient (Wildman–Crippen LogP) is 5.09. The Balaban J connectivity index is 4.66. The number of nitrogens with two attached hydrogens (primary N) is 1. The lowest BCUT2D eigenvalue weighted by molar-refractivity contribution is -0.140. The number of carboxylic acid groups (broad SMARTS) is 1. The lowest BCUT2D eigenvalue weighted by Crippen LogP contribution is -2.44. The van der Waals surface area contributed by atoms with Crippen molar-refractivity contribution < 1.29 is 52.1 Å². The van der Waals surface area contributed by atoms with Crippen LogP contribution >= 0.6 is 7.75 Å². The molecule has 0 aromatic rings. The van der Waals surface area contributed by atoms with Crippen molar-refractivity contribution >= 4 is 32.0 Å². The van der Waals surface area contributed by atoms with Gasteiger partial charge >= 0.3 is 26.0 Å². The van der Waals surface area contributed by atoms with Gasteiger partial charge in [0.05, 0.1) is 39.6 Å². The van der Waals surface area contributed by atoms with E-state index in [0.717, 1.165) is 43.4 Å². The zero-order valence-electron chi connectivity index (χ0n) is 24.3. The summed E-state index contributed by atoms with van der Waals surface area (Å²) in [6.45, 7) is 6.18. The van der Waals surface area contributed by atoms with Crippen LogP contribution in [0.2, 0.25) is 0 Å². The topological polar surface area (TPSA) is 186 Å². The summed E-state index contributed by atoms with van der Waals surface area (Å²) in [6, 6.07) is -1.03. The molecule has 0 spiro atoms. The first-order valence-electron chi connectivity index (χ1n) is 13.9. The molecule has 0 bridgehead atoms. The summed E-state index contributed by atoms with van der Waals surface area (Å²) in [5.74, 6) is -1.48. The number of hydrogen-bond acceptors (Lipinski definition) is 10. The number of carbonyl (C=O) groups excluding carboxylic acids is 2. The molecule has 0 aliphatic carbocycles. The van der Waals surface area contributed by atoms with E-state index >= 15 is 0 Å². The minimum Gasteiger partial charge on any atom is -0.480 e. The van der Waals surface area contributed by atoms with Crippen LogP contribution in [0.5, 0.6) is 0 Å². The quantitative estimate of drug-likeness (QED) is 0.0522. The Kier molecular flexibility index (Phi) is 21.7. The number of aliphatic carboxylic acids is 1. The van der Waals surface area contributed by atoms with E-state index in [2.05, 4.69) is 4.76 Å². The van der Waals surface area contributed by atoms with E-state index in [0.29, 0.717) is 38.9 Å². The maximum Gasteiger partial charge on any atom is 0.508 e. The molecule has 0 amide bonds. The molecule has 0 saturated heterocycles. The average Bonchev–Trinajstić information content (AvgIpc) is 2.92. The van der Waals surface area contributed by atoms with Crippen LogP contribution in [0.1, 0.15) is 85.0 Å². The van der Waals surface area contributed by atoms with Crippen LogP contribution in [-0.4, -0.2) is 87.0 Å². The summed E-state index contributed by atoms with van der Waals surface area (Å²) in [6.07, 6.45) is 5.56. The van der Waals surface area contributed by atoms with Gasteiger partial charge in [-0.3, -0.25) is 9.05 Å². The molecule has 0 heterocycles. The number of likely N-dealkylation sites (N-methyl/N-ethyl adjacent to an activating group) is 1. The molecule has 0 aliphatic rings. The van der Waals surface area contributed by atoms with Crippen LogP contribution in [0, 0.1) is 0 Å². The van der Waals surface area contributed by atoms with E-state index < -0.39 is 32.1 Å². The highest BCUT2D eigenvalue weighted by atomic mass is 31.2. The fourth-order valence-corrected chi connectivity index (χ4v) is 4.13. The van der Waals surface area contributed by atoms with E-state index in [1.54, 1.807) is 0 Å². The molecule has 0 aromatic carbocycles. The Morgan fingerprint density at radius 2 is 1.10 bits per heavy atom. The smallest absolute Gasteiger partial charge is 0.480 e. The summed E-state index contributed by atoms with van der Waals surface area (Å²) >= 11 is 0. The molecule has 15 heteroatoms. The third-order valence-electron chi connectivity index (χ3n) is 5.49. The lowest BCUT2D eigenvalue weighted by Gasteiger charge is -2.23. The van der Waals surface area contributed by atoms with Crippen molar-refractivity contribution in [2.45, 2.75) is 91.0 Å². The van der Waals surface area contributed by atoms with Crippen LogP contribution in [0.3, 0.4) is 0 Å². The molecule has 0 fully saturated rings. The van der Waals surface area contributed by atoms with Gasteiger partial charge in [0.25, 0.3) is 0 Å². The molecule has 0 aromatic heterocycles. The van der Waals surface area contributed by atoms with Crippen molar-refractivity contribution in [2.24, 2.45) is 10.5 Å². The van der Waals surface area contributed by atoms with Gasteiger partial charge in [-0.05, 0) is 45.4 Å². The standard InChI is InChI=1S/C25H48N3O11P/c1-5-7-9-15-34-24(31)36-17-11-13-19-38-40(33,27-23(26)28(4)21(3)22(29)30)39-20-14-12-18-37-25(32)35-16-10-8-6-2/h21H,5-20H2,1-4H3,(H,29,30)(H2,26,27,33). The molecule has 234 valence electrons. The highest BCUT2D eigenvalue weighted by molar-refractivity contribution is 7.52. The molecule has 0 aliphatic heterocycles. The monoisotopic (exact) mass is 597 g/mol. The SMILES string of the molecule is CCCCCOC(=O)OCCCCOP(=O)(N=C(N)N(C)C(C)C(=O)O)OCCCCOC(=O)OCCCCC. The highest BCUT2D eigenvalue weighted by Crippen LogP contribution is 2.50. The molecule has 0 radical (unpaired) electrons. The Bertz CT molecular complexity index is 758. The van der Waals surface area contributed by atoms with Gasteiger partial charge in [0, 0.05) is 7.05 Å². The van der Waals surface area contributed by atoms with E-state index in [1.807, 2.05) is 13.8 Å². The first kappa shape index (κ1) is 37.4. The van der Waals surface area contributed by atoms with Crippen molar-refractivity contribution in [3.8, 4) is 0 Å². The van der Waals surface area contributed by atoms with Gasteiger partial charge < -0.3 is 34.7 Å². The second-order valence-electron chi connectivity index (χ2n) is 8.94. The minimum absolute atomic E-state index is 0.0475. The lowest BCUT2D eigenvalue weighted by atomic mass is 10.3. The summed E-state index contributed by atoms with van der Waals surface area (Å²) in [5.41, 5.74) is 5.87. The molecular weight excluding hydrogens is 549 g/mol. The predicted molar refractivity (Wildman–Crippen MR) is 148 cm³/mol. The molecule has 0 saturated carbocycles. The average molecular weight is 598 g/mol. The van der Waals surface area contributed by atoms with Crippen molar-refractivity contribution in [3.05, 3.63) is 0 Å². The van der Waals surface area contributed by atoms with Crippen LogP contribution in [-0.2, 0) is 37.4 Å². The number of nitrogens with zero attached hydrogens (tertiary/aromatic N) is 2. The normalized spacial score (nSPS) is 12.4. The number of carbonyl (C=O) groups is 3. The first-order chi connectivity index (χ1) is 19.1. The van der Waals surface area contributed by atoms with Gasteiger partial charge in [0.2, 0.25) is 5.96 Å². The third-order valence-corrected chi connectivity index (χ3v) is 6.95. The van der Waals surface area contributed by atoms with Crippen molar-refractivity contribution in [3.63, 3.8) is 0 Å². The van der Waals surface area contributed by atoms with Gasteiger partial charge in [-0.2, -0.15) is 0 Å². The number of ether oxygens (including phenoxy) is 4. The maximum atomic E-state index is 13.2. The molecule has 1 unspecified atom stereocenters. The van der Waals surface area contributed by atoms with Gasteiger partial charge in [0.15, 0.2) is 0 Å². The van der Waals surface area contributed by atoms with Gasteiger partial charge in [0.1, 0.15) is 6.04 Å². The maximum absolute atomic E-state index is 13.2. The van der Waals surface area contributed by atoms with Crippen molar-refractivity contribution in [1.82, 2.24) is 4.90 Å². The third kappa shape index (κ3) is 19.5. The van der Waals surface area contributed by atoms with Crippen molar-refractivity contribution in [2.75, 3.05) is 46.7 Å². The summed E-state index contributed by atoms with van der Waals surface area (Å²) in [7, 11) is -2.73. The molecular formula is C25H48N3O11P. The minimum atomic E-state index is -4.11. The first-order valence-corrected chi connectivity index (χ1v) is 15.3. The Morgan fingerprint density at radius 1 is 0.750 bits per heavy atom. The fourth-order valence-electron chi connectivity index (χ4n) is 2.83. The zero-order valence-corrected chi connectivity index (χ0v) is 25.2. The summed E-state index contributed by atoms with van der Waals surface area (Å²) in [5, 5.41) is 9.20. The highest BCUT2D eigenvalue weighted by Gasteiger charge is 2.27. The molecule has 40 heavy (non-hydrogen) atoms. The van der Waals surface area contributed by atoms with Crippen LogP contribution in [0.15, 0.2) is 4.76 Å². The molecule has 1 atom stereocenters. The van der Waals surface area contributed by atoms with E-state index in [1.165, 1.54) is 14.0 Å². The molecule has 3 N–H and O–H groups in total.